The van der Waals surface area contributed by atoms with Crippen LogP contribution in [0, 0.1) is 0 Å². The summed E-state index contributed by atoms with van der Waals surface area (Å²) in [7, 11) is 0. The lowest BCUT2D eigenvalue weighted by atomic mass is 9.85. The van der Waals surface area contributed by atoms with Crippen LogP contribution in [0.2, 0.25) is 0 Å². The van der Waals surface area contributed by atoms with Gasteiger partial charge in [-0.25, -0.2) is 4.98 Å². The predicted molar refractivity (Wildman–Crippen MR) is 189 cm³/mol. The maximum absolute atomic E-state index is 3.70. The molecule has 0 amide bonds. The number of aromatic amines is 1. The molecule has 1 N–H and O–H groups in total. The molecule has 0 aliphatic rings. The molecule has 0 bridgehead atoms. The number of aromatic nitrogens is 2. The zero-order valence-corrected chi connectivity index (χ0v) is 24.6. The highest BCUT2D eigenvalue weighted by molar-refractivity contribution is 6.21. The molecule has 0 spiro atoms. The van der Waals surface area contributed by atoms with Gasteiger partial charge < -0.3 is 0 Å². The van der Waals surface area contributed by atoms with Gasteiger partial charge in [-0.3, -0.25) is 0 Å². The number of fused-ring (bicyclic) bond motifs is 4. The second-order valence-corrected chi connectivity index (χ2v) is 11.6. The highest BCUT2D eigenvalue weighted by Crippen LogP contribution is 2.44. The Labute approximate surface area is 261 Å². The monoisotopic (exact) mass is 573 g/mol. The van der Waals surface area contributed by atoms with Crippen LogP contribution in [-0.4, -0.2) is 4.98 Å². The van der Waals surface area contributed by atoms with Crippen LogP contribution in [-0.2, 0) is 0 Å². The molecule has 1 heterocycles. The van der Waals surface area contributed by atoms with E-state index in [9.17, 15) is 0 Å². The third-order valence-corrected chi connectivity index (χ3v) is 9.05. The van der Waals surface area contributed by atoms with Gasteiger partial charge in [-0.15, -0.1) is 0 Å². The van der Waals surface area contributed by atoms with Gasteiger partial charge in [0.15, 0.2) is 11.0 Å². The first-order valence-corrected chi connectivity index (χ1v) is 15.5. The summed E-state index contributed by atoms with van der Waals surface area (Å²) in [5.41, 5.74) is 9.55. The molecule has 0 aliphatic carbocycles. The molecule has 0 aliphatic heterocycles. The maximum Gasteiger partial charge on any atom is 0.292 e. The summed E-state index contributed by atoms with van der Waals surface area (Å²) < 4.78 is 2.31. The van der Waals surface area contributed by atoms with Crippen molar-refractivity contribution in [2.45, 2.75) is 0 Å². The molecule has 0 fully saturated rings. The third kappa shape index (κ3) is 4.15. The Morgan fingerprint density at radius 1 is 0.378 bits per heavy atom. The van der Waals surface area contributed by atoms with E-state index >= 15 is 0 Å². The smallest absolute Gasteiger partial charge is 0.236 e. The van der Waals surface area contributed by atoms with E-state index in [0.29, 0.717) is 0 Å². The van der Waals surface area contributed by atoms with E-state index in [-0.39, 0.29) is 0 Å². The Morgan fingerprint density at radius 3 is 1.58 bits per heavy atom. The Bertz CT molecular complexity index is 2470. The standard InChI is InChI=1S/C43H28N2/c1-2-14-34(15-3-1)45-40-21-11-10-20-39(40)44-43(45)31-25-23-30(24-26-31)41-35-16-6-8-18-37(35)42(38-19-9-7-17-36(38)41)33-27-22-29-12-4-5-13-32(29)28-33/h1-28H/p+1. The lowest BCUT2D eigenvalue weighted by Crippen LogP contribution is -2.31. The predicted octanol–water partition coefficient (Wildman–Crippen LogP) is 10.9. The number of nitrogens with zero attached hydrogens (tertiary/aromatic N) is 1. The van der Waals surface area contributed by atoms with Gasteiger partial charge in [-0.05, 0) is 97.0 Å². The lowest BCUT2D eigenvalue weighted by Gasteiger charge is -2.18. The first-order chi connectivity index (χ1) is 22.3. The Kier molecular flexibility index (Phi) is 5.85. The number of hydrogen-bond acceptors (Lipinski definition) is 0. The van der Waals surface area contributed by atoms with Crippen LogP contribution in [0.25, 0.3) is 82.7 Å². The highest BCUT2D eigenvalue weighted by Gasteiger charge is 2.22. The van der Waals surface area contributed by atoms with E-state index in [2.05, 4.69) is 179 Å². The van der Waals surface area contributed by atoms with Crippen molar-refractivity contribution in [1.82, 2.24) is 4.98 Å². The van der Waals surface area contributed by atoms with Crippen LogP contribution in [0.3, 0.4) is 0 Å². The fourth-order valence-corrected chi connectivity index (χ4v) is 7.01. The molecule has 0 saturated carbocycles. The Hall–Kier alpha value is -5.99. The highest BCUT2D eigenvalue weighted by atomic mass is 15.1. The molecule has 0 unspecified atom stereocenters. The van der Waals surface area contributed by atoms with E-state index in [1.807, 2.05) is 0 Å². The SMILES string of the molecule is c1ccc(-[n+]2c(-c3ccc(-c4c5ccccc5c(-c5ccc6ccccc6c5)c5ccccc45)cc3)[nH]c3ccccc32)cc1. The molecular weight excluding hydrogens is 544 g/mol. The van der Waals surface area contributed by atoms with E-state index < -0.39 is 0 Å². The lowest BCUT2D eigenvalue weighted by molar-refractivity contribution is -0.554. The van der Waals surface area contributed by atoms with Crippen LogP contribution >= 0.6 is 0 Å². The summed E-state index contributed by atoms with van der Waals surface area (Å²) >= 11 is 0. The van der Waals surface area contributed by atoms with Crippen molar-refractivity contribution in [3.05, 3.63) is 170 Å². The van der Waals surface area contributed by atoms with Crippen molar-refractivity contribution in [2.24, 2.45) is 0 Å². The normalized spacial score (nSPS) is 11.6. The molecule has 9 rings (SSSR count). The number of nitrogens with one attached hydrogen (secondary N) is 1. The van der Waals surface area contributed by atoms with Crippen molar-refractivity contribution >= 4 is 43.4 Å². The zero-order valence-electron chi connectivity index (χ0n) is 24.6. The number of imidazole rings is 1. The molecule has 0 atom stereocenters. The summed E-state index contributed by atoms with van der Waals surface area (Å²) in [4.78, 5) is 3.70. The Balaban J connectivity index is 1.25. The second kappa shape index (κ2) is 10.3. The van der Waals surface area contributed by atoms with Crippen LogP contribution in [0.5, 0.6) is 0 Å². The topological polar surface area (TPSA) is 19.7 Å². The third-order valence-electron chi connectivity index (χ3n) is 9.05. The van der Waals surface area contributed by atoms with Gasteiger partial charge >= 0.3 is 0 Å². The van der Waals surface area contributed by atoms with E-state index in [1.54, 1.807) is 0 Å². The summed E-state index contributed by atoms with van der Waals surface area (Å²) in [6, 6.07) is 61.3. The maximum atomic E-state index is 3.70. The van der Waals surface area contributed by atoms with Crippen LogP contribution in [0.4, 0.5) is 0 Å². The number of benzene rings is 8. The summed E-state index contributed by atoms with van der Waals surface area (Å²) in [6.45, 7) is 0. The minimum atomic E-state index is 1.07. The molecule has 0 radical (unpaired) electrons. The summed E-state index contributed by atoms with van der Waals surface area (Å²) in [5, 5.41) is 7.57. The van der Waals surface area contributed by atoms with Crippen LogP contribution in [0.1, 0.15) is 0 Å². The minimum absolute atomic E-state index is 1.07. The van der Waals surface area contributed by atoms with E-state index in [4.69, 9.17) is 0 Å². The van der Waals surface area contributed by atoms with Crippen molar-refractivity contribution in [1.29, 1.82) is 0 Å². The molecule has 45 heavy (non-hydrogen) atoms. The molecule has 2 nitrogen and oxygen atoms in total. The summed E-state index contributed by atoms with van der Waals surface area (Å²) in [6.07, 6.45) is 0. The largest absolute Gasteiger partial charge is 0.292 e. The fraction of sp³-hybridized carbons (Fsp3) is 0. The van der Waals surface area contributed by atoms with E-state index in [0.717, 1.165) is 28.1 Å². The molecule has 8 aromatic carbocycles. The molecular formula is C43H29N2+. The second-order valence-electron chi connectivity index (χ2n) is 11.6. The molecule has 2 heteroatoms. The number of para-hydroxylation sites is 3. The first kappa shape index (κ1) is 25.5. The first-order valence-electron chi connectivity index (χ1n) is 15.5. The summed E-state index contributed by atoms with van der Waals surface area (Å²) in [5.74, 6) is 1.07. The van der Waals surface area contributed by atoms with Crippen LogP contribution < -0.4 is 4.57 Å². The molecule has 0 saturated heterocycles. The van der Waals surface area contributed by atoms with Gasteiger partial charge in [-0.1, -0.05) is 127 Å². The molecule has 1 aromatic heterocycles. The Morgan fingerprint density at radius 2 is 0.889 bits per heavy atom. The van der Waals surface area contributed by atoms with Crippen molar-refractivity contribution in [3.63, 3.8) is 0 Å². The van der Waals surface area contributed by atoms with Gasteiger partial charge in [0.2, 0.25) is 0 Å². The van der Waals surface area contributed by atoms with Crippen molar-refractivity contribution in [2.75, 3.05) is 0 Å². The average molecular weight is 574 g/mol. The van der Waals surface area contributed by atoms with E-state index in [1.165, 1.54) is 54.6 Å². The van der Waals surface area contributed by atoms with Gasteiger partial charge in [0.05, 0.1) is 5.56 Å². The van der Waals surface area contributed by atoms with Crippen molar-refractivity contribution < 1.29 is 4.57 Å². The van der Waals surface area contributed by atoms with Crippen LogP contribution in [0.15, 0.2) is 170 Å². The minimum Gasteiger partial charge on any atom is -0.236 e. The molecule has 9 aromatic rings. The zero-order chi connectivity index (χ0) is 29.7. The molecule has 210 valence electrons. The van der Waals surface area contributed by atoms with Gasteiger partial charge in [-0.2, -0.15) is 4.57 Å². The number of hydrogen-bond donors (Lipinski definition) is 1. The number of rotatable bonds is 4. The fourth-order valence-electron chi connectivity index (χ4n) is 7.01. The van der Waals surface area contributed by atoms with Gasteiger partial charge in [0.25, 0.3) is 5.82 Å². The van der Waals surface area contributed by atoms with Gasteiger partial charge in [0.1, 0.15) is 5.69 Å². The van der Waals surface area contributed by atoms with Gasteiger partial charge in [0, 0.05) is 0 Å². The average Bonchev–Trinajstić information content (AvgIpc) is 3.50. The van der Waals surface area contributed by atoms with Crippen molar-refractivity contribution in [3.8, 4) is 39.3 Å². The quantitative estimate of drug-likeness (QED) is 0.160. The number of H-pyrrole nitrogens is 1.